The molecule has 84 valence electrons. The van der Waals surface area contributed by atoms with Crippen molar-refractivity contribution < 1.29 is 5.11 Å². The minimum atomic E-state index is -0.646. The molecule has 0 radical (unpaired) electrons. The molecule has 1 aromatic rings. The minimum Gasteiger partial charge on any atom is -0.390 e. The Bertz CT molecular complexity index is 313. The fourth-order valence-corrected chi connectivity index (χ4v) is 1.74. The number of aliphatic hydroxyl groups is 1. The van der Waals surface area contributed by atoms with Gasteiger partial charge in [0.15, 0.2) is 0 Å². The molecule has 0 aliphatic rings. The average Bonchev–Trinajstić information content (AvgIpc) is 1.99. The summed E-state index contributed by atoms with van der Waals surface area (Å²) < 4.78 is 0. The van der Waals surface area contributed by atoms with Crippen molar-refractivity contribution in [3.05, 3.63) is 35.4 Å². The van der Waals surface area contributed by atoms with Gasteiger partial charge in [0.2, 0.25) is 0 Å². The maximum absolute atomic E-state index is 9.72. The van der Waals surface area contributed by atoms with Crippen LogP contribution in [0.1, 0.15) is 31.9 Å². The highest BCUT2D eigenvalue weighted by atomic mass is 16.3. The lowest BCUT2D eigenvalue weighted by Crippen LogP contribution is -2.22. The van der Waals surface area contributed by atoms with E-state index in [4.69, 9.17) is 5.73 Å². The van der Waals surface area contributed by atoms with Gasteiger partial charge in [0, 0.05) is 12.5 Å². The minimum absolute atomic E-state index is 0.183. The molecule has 0 heterocycles. The Balaban J connectivity index is 2.74. The average molecular weight is 207 g/mol. The van der Waals surface area contributed by atoms with Crippen LogP contribution < -0.4 is 5.73 Å². The lowest BCUT2D eigenvalue weighted by atomic mass is 9.96. The van der Waals surface area contributed by atoms with Crippen molar-refractivity contribution in [2.45, 2.75) is 45.3 Å². The van der Waals surface area contributed by atoms with Crippen molar-refractivity contribution in [1.82, 2.24) is 0 Å². The summed E-state index contributed by atoms with van der Waals surface area (Å²) in [6, 6.07) is 8.46. The van der Waals surface area contributed by atoms with Crippen LogP contribution in [0.15, 0.2) is 24.3 Å². The van der Waals surface area contributed by atoms with Gasteiger partial charge in [-0.3, -0.25) is 0 Å². The van der Waals surface area contributed by atoms with Gasteiger partial charge in [0.05, 0.1) is 5.60 Å². The molecule has 0 aromatic heterocycles. The summed E-state index contributed by atoms with van der Waals surface area (Å²) >= 11 is 0. The molecule has 0 saturated carbocycles. The standard InChI is InChI=1S/C13H21NO/c1-10(14)7-11-5-4-6-12(8-11)9-13(2,3)15/h4-6,8,10,15H,7,9,14H2,1-3H3. The van der Waals surface area contributed by atoms with Crippen LogP contribution in [0.4, 0.5) is 0 Å². The molecule has 0 bridgehead atoms. The number of rotatable bonds is 4. The molecule has 2 heteroatoms. The predicted molar refractivity (Wildman–Crippen MR) is 63.8 cm³/mol. The molecule has 1 atom stereocenters. The fraction of sp³-hybridized carbons (Fsp3) is 0.538. The monoisotopic (exact) mass is 207 g/mol. The van der Waals surface area contributed by atoms with Crippen LogP contribution >= 0.6 is 0 Å². The van der Waals surface area contributed by atoms with Gasteiger partial charge in [0.1, 0.15) is 0 Å². The largest absolute Gasteiger partial charge is 0.390 e. The Morgan fingerprint density at radius 2 is 1.93 bits per heavy atom. The normalized spacial score (nSPS) is 13.9. The Labute approximate surface area is 92.1 Å². The number of benzene rings is 1. The van der Waals surface area contributed by atoms with Crippen LogP contribution in [-0.4, -0.2) is 16.7 Å². The van der Waals surface area contributed by atoms with Crippen molar-refractivity contribution in [1.29, 1.82) is 0 Å². The molecule has 1 rings (SSSR count). The molecule has 0 fully saturated rings. The van der Waals surface area contributed by atoms with E-state index in [1.54, 1.807) is 0 Å². The van der Waals surface area contributed by atoms with E-state index in [0.29, 0.717) is 6.42 Å². The van der Waals surface area contributed by atoms with Crippen LogP contribution in [0.5, 0.6) is 0 Å². The predicted octanol–water partition coefficient (Wildman–Crippen LogP) is 1.89. The second kappa shape index (κ2) is 4.77. The highest BCUT2D eigenvalue weighted by Gasteiger charge is 2.13. The van der Waals surface area contributed by atoms with E-state index in [1.807, 2.05) is 32.9 Å². The van der Waals surface area contributed by atoms with Gasteiger partial charge >= 0.3 is 0 Å². The molecular formula is C13H21NO. The number of nitrogens with two attached hydrogens (primary N) is 1. The Morgan fingerprint density at radius 3 is 2.47 bits per heavy atom. The Kier molecular flexibility index (Phi) is 3.89. The zero-order valence-electron chi connectivity index (χ0n) is 9.83. The van der Waals surface area contributed by atoms with Crippen molar-refractivity contribution in [3.63, 3.8) is 0 Å². The Hall–Kier alpha value is -0.860. The topological polar surface area (TPSA) is 46.2 Å². The first kappa shape index (κ1) is 12.2. The summed E-state index contributed by atoms with van der Waals surface area (Å²) in [4.78, 5) is 0. The van der Waals surface area contributed by atoms with Crippen LogP contribution in [0.25, 0.3) is 0 Å². The van der Waals surface area contributed by atoms with Gasteiger partial charge in [-0.25, -0.2) is 0 Å². The quantitative estimate of drug-likeness (QED) is 0.792. The molecule has 3 N–H and O–H groups in total. The van der Waals surface area contributed by atoms with E-state index >= 15 is 0 Å². The molecule has 2 nitrogen and oxygen atoms in total. The SMILES string of the molecule is CC(N)Cc1cccc(CC(C)(C)O)c1. The van der Waals surface area contributed by atoms with Gasteiger partial charge in [-0.2, -0.15) is 0 Å². The van der Waals surface area contributed by atoms with E-state index < -0.39 is 5.60 Å². The summed E-state index contributed by atoms with van der Waals surface area (Å²) in [5.74, 6) is 0. The van der Waals surface area contributed by atoms with E-state index in [2.05, 4.69) is 12.1 Å². The van der Waals surface area contributed by atoms with Crippen LogP contribution in [-0.2, 0) is 12.8 Å². The van der Waals surface area contributed by atoms with E-state index in [-0.39, 0.29) is 6.04 Å². The highest BCUT2D eigenvalue weighted by Crippen LogP contribution is 2.14. The first-order valence-corrected chi connectivity index (χ1v) is 5.42. The second-order valence-electron chi connectivity index (χ2n) is 4.99. The van der Waals surface area contributed by atoms with Crippen molar-refractivity contribution in [2.24, 2.45) is 5.73 Å². The van der Waals surface area contributed by atoms with Crippen LogP contribution in [0.2, 0.25) is 0 Å². The van der Waals surface area contributed by atoms with Crippen molar-refractivity contribution in [3.8, 4) is 0 Å². The van der Waals surface area contributed by atoms with E-state index in [0.717, 1.165) is 6.42 Å². The van der Waals surface area contributed by atoms with Gasteiger partial charge in [-0.1, -0.05) is 24.3 Å². The molecule has 0 saturated heterocycles. The zero-order chi connectivity index (χ0) is 11.5. The number of hydrogen-bond acceptors (Lipinski definition) is 2. The molecule has 0 spiro atoms. The third-order valence-corrected chi connectivity index (χ3v) is 2.19. The third kappa shape index (κ3) is 4.96. The molecule has 15 heavy (non-hydrogen) atoms. The van der Waals surface area contributed by atoms with E-state index in [9.17, 15) is 5.11 Å². The van der Waals surface area contributed by atoms with Gasteiger partial charge in [0.25, 0.3) is 0 Å². The van der Waals surface area contributed by atoms with E-state index in [1.165, 1.54) is 11.1 Å². The second-order valence-corrected chi connectivity index (χ2v) is 4.99. The lowest BCUT2D eigenvalue weighted by Gasteiger charge is -2.17. The molecule has 0 aliphatic carbocycles. The maximum atomic E-state index is 9.72. The third-order valence-electron chi connectivity index (χ3n) is 2.19. The summed E-state index contributed by atoms with van der Waals surface area (Å²) in [7, 11) is 0. The Morgan fingerprint density at radius 1 is 1.33 bits per heavy atom. The van der Waals surface area contributed by atoms with Gasteiger partial charge in [-0.15, -0.1) is 0 Å². The first-order valence-electron chi connectivity index (χ1n) is 5.42. The number of hydrogen-bond donors (Lipinski definition) is 2. The summed E-state index contributed by atoms with van der Waals surface area (Å²) in [6.45, 7) is 5.65. The lowest BCUT2D eigenvalue weighted by molar-refractivity contribution is 0.0810. The van der Waals surface area contributed by atoms with Gasteiger partial charge in [-0.05, 0) is 38.3 Å². The van der Waals surface area contributed by atoms with Crippen LogP contribution in [0, 0.1) is 0 Å². The zero-order valence-corrected chi connectivity index (χ0v) is 9.83. The molecule has 1 unspecified atom stereocenters. The van der Waals surface area contributed by atoms with Crippen molar-refractivity contribution >= 4 is 0 Å². The molecule has 0 aliphatic heterocycles. The first-order chi connectivity index (χ1) is 6.87. The van der Waals surface area contributed by atoms with Crippen LogP contribution in [0.3, 0.4) is 0 Å². The summed E-state index contributed by atoms with van der Waals surface area (Å²) in [6.07, 6.45) is 1.57. The van der Waals surface area contributed by atoms with Gasteiger partial charge < -0.3 is 10.8 Å². The molecule has 1 aromatic carbocycles. The fourth-order valence-electron chi connectivity index (χ4n) is 1.74. The summed E-state index contributed by atoms with van der Waals surface area (Å²) in [5.41, 5.74) is 7.52. The highest BCUT2D eigenvalue weighted by molar-refractivity contribution is 5.25. The maximum Gasteiger partial charge on any atom is 0.0631 e. The van der Waals surface area contributed by atoms with Crippen molar-refractivity contribution in [2.75, 3.05) is 0 Å². The molecule has 0 amide bonds. The molecular weight excluding hydrogens is 186 g/mol. The summed E-state index contributed by atoms with van der Waals surface area (Å²) in [5, 5.41) is 9.72. The smallest absolute Gasteiger partial charge is 0.0631 e.